The Balaban J connectivity index is 2.77. The maximum absolute atomic E-state index is 12.3. The van der Waals surface area contributed by atoms with Crippen molar-refractivity contribution < 1.29 is 9.59 Å². The summed E-state index contributed by atoms with van der Waals surface area (Å²) >= 11 is 0. The molecule has 0 aliphatic carbocycles. The van der Waals surface area contributed by atoms with Crippen LogP contribution in [0.5, 0.6) is 0 Å². The number of hydrogen-bond acceptors (Lipinski definition) is 5. The van der Waals surface area contributed by atoms with Crippen LogP contribution in [0.1, 0.15) is 31.1 Å². The van der Waals surface area contributed by atoms with Crippen molar-refractivity contribution in [3.8, 4) is 6.19 Å². The van der Waals surface area contributed by atoms with Crippen molar-refractivity contribution in [3.05, 3.63) is 35.9 Å². The highest BCUT2D eigenvalue weighted by atomic mass is 33.1. The van der Waals surface area contributed by atoms with Crippen molar-refractivity contribution in [1.82, 2.24) is 10.2 Å². The lowest BCUT2D eigenvalue weighted by molar-refractivity contribution is -0.128. The minimum absolute atomic E-state index is 0.0445. The predicted octanol–water partition coefficient (Wildman–Crippen LogP) is 2.90. The van der Waals surface area contributed by atoms with Crippen LogP contribution in [0.15, 0.2) is 30.3 Å². The third kappa shape index (κ3) is 6.97. The van der Waals surface area contributed by atoms with Gasteiger partial charge in [-0.3, -0.25) is 14.5 Å². The normalized spacial score (nSPS) is 12.1. The number of nitrogens with zero attached hydrogens (tertiary/aromatic N) is 2. The standard InChI is InChI=1S/C16H21N3O2S2/c1-16(2,3)23-22-10-13(15(21)19(4)11-17)18-14(20)12-8-6-5-7-9-12/h5-9,13H,10H2,1-4H3,(H,18,20)/t13-/m0/s1. The van der Waals surface area contributed by atoms with Gasteiger partial charge in [-0.1, -0.05) is 60.6 Å². The molecule has 0 saturated carbocycles. The van der Waals surface area contributed by atoms with E-state index in [1.54, 1.807) is 41.3 Å². The van der Waals surface area contributed by atoms with Gasteiger partial charge in [0.05, 0.1) is 0 Å². The zero-order valence-corrected chi connectivity index (χ0v) is 15.3. The molecule has 5 nitrogen and oxygen atoms in total. The van der Waals surface area contributed by atoms with E-state index in [2.05, 4.69) is 26.1 Å². The minimum atomic E-state index is -0.743. The minimum Gasteiger partial charge on any atom is -0.339 e. The van der Waals surface area contributed by atoms with Gasteiger partial charge in [-0.25, -0.2) is 0 Å². The molecule has 0 bridgehead atoms. The van der Waals surface area contributed by atoms with E-state index in [9.17, 15) is 9.59 Å². The number of nitrogens with one attached hydrogen (secondary N) is 1. The molecule has 1 atom stereocenters. The summed E-state index contributed by atoms with van der Waals surface area (Å²) in [6.07, 6.45) is 1.78. The summed E-state index contributed by atoms with van der Waals surface area (Å²) in [6, 6.07) is 7.96. The molecular formula is C16H21N3O2S2. The van der Waals surface area contributed by atoms with E-state index in [4.69, 9.17) is 5.26 Å². The van der Waals surface area contributed by atoms with Gasteiger partial charge in [0.2, 0.25) is 0 Å². The zero-order valence-electron chi connectivity index (χ0n) is 13.7. The van der Waals surface area contributed by atoms with E-state index in [1.165, 1.54) is 17.8 Å². The summed E-state index contributed by atoms with van der Waals surface area (Å²) < 4.78 is 0.0445. The first kappa shape index (κ1) is 19.4. The fraction of sp³-hybridized carbons (Fsp3) is 0.438. The first-order valence-corrected chi connectivity index (χ1v) is 9.40. The lowest BCUT2D eigenvalue weighted by Gasteiger charge is -2.22. The Morgan fingerprint density at radius 2 is 1.91 bits per heavy atom. The molecule has 0 aliphatic heterocycles. The van der Waals surface area contributed by atoms with E-state index < -0.39 is 11.9 Å². The Bertz CT molecular complexity index is 579. The molecule has 124 valence electrons. The smallest absolute Gasteiger partial charge is 0.258 e. The van der Waals surface area contributed by atoms with Crippen LogP contribution in [0, 0.1) is 11.5 Å². The van der Waals surface area contributed by atoms with Crippen LogP contribution in [0.3, 0.4) is 0 Å². The third-order valence-corrected chi connectivity index (χ3v) is 6.01. The van der Waals surface area contributed by atoms with Gasteiger partial charge in [-0.15, -0.1) is 0 Å². The maximum atomic E-state index is 12.3. The molecule has 0 radical (unpaired) electrons. The molecule has 0 aliphatic rings. The first-order chi connectivity index (χ1) is 10.7. The molecule has 0 saturated heterocycles. The number of likely N-dealkylation sites (N-methyl/N-ethyl adjacent to an activating group) is 1. The highest BCUT2D eigenvalue weighted by molar-refractivity contribution is 8.77. The Hall–Kier alpha value is -1.65. The number of carbonyl (C=O) groups is 2. The average molecular weight is 351 g/mol. The van der Waals surface area contributed by atoms with Crippen LogP contribution in [0.4, 0.5) is 0 Å². The average Bonchev–Trinajstić information content (AvgIpc) is 2.52. The molecule has 1 N–H and O–H groups in total. The lowest BCUT2D eigenvalue weighted by atomic mass is 10.2. The molecule has 1 rings (SSSR count). The Kier molecular flexibility index (Phi) is 7.46. The van der Waals surface area contributed by atoms with Gasteiger partial charge in [0.1, 0.15) is 6.04 Å². The number of benzene rings is 1. The Morgan fingerprint density at radius 1 is 1.30 bits per heavy atom. The Morgan fingerprint density at radius 3 is 2.43 bits per heavy atom. The van der Waals surface area contributed by atoms with Crippen LogP contribution >= 0.6 is 21.6 Å². The van der Waals surface area contributed by atoms with Crippen molar-refractivity contribution in [1.29, 1.82) is 5.26 Å². The summed E-state index contributed by atoms with van der Waals surface area (Å²) in [5, 5.41) is 11.6. The lowest BCUT2D eigenvalue weighted by Crippen LogP contribution is -2.47. The van der Waals surface area contributed by atoms with Crippen LogP contribution in [0.25, 0.3) is 0 Å². The van der Waals surface area contributed by atoms with Crippen molar-refractivity contribution in [2.45, 2.75) is 31.6 Å². The van der Waals surface area contributed by atoms with E-state index in [-0.39, 0.29) is 10.7 Å². The SMILES string of the molecule is CN(C#N)C(=O)[C@H](CSSC(C)(C)C)NC(=O)c1ccccc1. The van der Waals surface area contributed by atoms with Crippen molar-refractivity contribution in [2.24, 2.45) is 0 Å². The maximum Gasteiger partial charge on any atom is 0.258 e. The molecule has 0 aromatic heterocycles. The number of carbonyl (C=O) groups excluding carboxylic acids is 2. The summed E-state index contributed by atoms with van der Waals surface area (Å²) in [7, 11) is 4.53. The van der Waals surface area contributed by atoms with Crippen molar-refractivity contribution in [3.63, 3.8) is 0 Å². The second-order valence-corrected chi connectivity index (χ2v) is 9.04. The second kappa shape index (κ2) is 8.85. The van der Waals surface area contributed by atoms with Gasteiger partial charge in [-0.2, -0.15) is 5.26 Å². The van der Waals surface area contributed by atoms with Gasteiger partial charge in [-0.05, 0) is 12.1 Å². The number of rotatable bonds is 6. The number of hydrogen-bond donors (Lipinski definition) is 1. The molecular weight excluding hydrogens is 330 g/mol. The van der Waals surface area contributed by atoms with Gasteiger partial charge in [0.15, 0.2) is 6.19 Å². The molecule has 1 aromatic rings. The zero-order chi connectivity index (χ0) is 17.5. The highest BCUT2D eigenvalue weighted by Gasteiger charge is 2.25. The first-order valence-electron chi connectivity index (χ1n) is 7.08. The molecule has 1 aromatic carbocycles. The largest absolute Gasteiger partial charge is 0.339 e. The van der Waals surface area contributed by atoms with E-state index >= 15 is 0 Å². The molecule has 23 heavy (non-hydrogen) atoms. The van der Waals surface area contributed by atoms with E-state index in [1.807, 2.05) is 6.07 Å². The van der Waals surface area contributed by atoms with Crippen LogP contribution in [-0.2, 0) is 4.79 Å². The molecule has 7 heteroatoms. The fourth-order valence-electron chi connectivity index (χ4n) is 1.57. The van der Waals surface area contributed by atoms with Gasteiger partial charge in [0, 0.05) is 23.1 Å². The van der Waals surface area contributed by atoms with Gasteiger partial charge in [0.25, 0.3) is 11.8 Å². The van der Waals surface area contributed by atoms with Crippen LogP contribution in [0.2, 0.25) is 0 Å². The molecule has 2 amide bonds. The quantitative estimate of drug-likeness (QED) is 0.485. The van der Waals surface area contributed by atoms with E-state index in [0.717, 1.165) is 4.90 Å². The number of nitriles is 1. The van der Waals surface area contributed by atoms with Gasteiger partial charge >= 0.3 is 0 Å². The van der Waals surface area contributed by atoms with Crippen LogP contribution < -0.4 is 5.32 Å². The van der Waals surface area contributed by atoms with E-state index in [0.29, 0.717) is 11.3 Å². The second-order valence-electron chi connectivity index (χ2n) is 5.87. The van der Waals surface area contributed by atoms with Crippen molar-refractivity contribution >= 4 is 33.4 Å². The monoisotopic (exact) mass is 351 g/mol. The Labute approximate surface area is 145 Å². The highest BCUT2D eigenvalue weighted by Crippen LogP contribution is 2.35. The summed E-state index contributed by atoms with van der Waals surface area (Å²) in [4.78, 5) is 25.5. The van der Waals surface area contributed by atoms with Gasteiger partial charge < -0.3 is 5.32 Å². The van der Waals surface area contributed by atoms with Crippen molar-refractivity contribution in [2.75, 3.05) is 12.8 Å². The topological polar surface area (TPSA) is 73.2 Å². The third-order valence-electron chi connectivity index (χ3n) is 2.66. The molecule has 0 unspecified atom stereocenters. The van der Waals surface area contributed by atoms with Crippen LogP contribution in [-0.4, -0.2) is 40.3 Å². The fourth-order valence-corrected chi connectivity index (χ4v) is 4.02. The summed E-state index contributed by atoms with van der Waals surface area (Å²) in [6.45, 7) is 6.22. The molecule has 0 fully saturated rings. The summed E-state index contributed by atoms with van der Waals surface area (Å²) in [5.41, 5.74) is 0.485. The number of amides is 2. The molecule has 0 spiro atoms. The summed E-state index contributed by atoms with van der Waals surface area (Å²) in [5.74, 6) is -0.346. The molecule has 0 heterocycles. The predicted molar refractivity (Wildman–Crippen MR) is 95.9 cm³/mol.